The zero-order valence-electron chi connectivity index (χ0n) is 10.5. The highest BCUT2D eigenvalue weighted by Gasteiger charge is 2.31. The minimum Gasteiger partial charge on any atom is -0.384 e. The first-order valence-electron chi connectivity index (χ1n) is 6.31. The van der Waals surface area contributed by atoms with Crippen molar-refractivity contribution < 1.29 is 4.79 Å². The quantitative estimate of drug-likeness (QED) is 0.892. The van der Waals surface area contributed by atoms with Crippen molar-refractivity contribution in [1.82, 2.24) is 4.98 Å². The number of benzene rings is 1. The van der Waals surface area contributed by atoms with Crippen molar-refractivity contribution in [2.24, 2.45) is 0 Å². The van der Waals surface area contributed by atoms with Gasteiger partial charge in [-0.3, -0.25) is 4.79 Å². The van der Waals surface area contributed by atoms with Crippen LogP contribution in [0.3, 0.4) is 0 Å². The van der Waals surface area contributed by atoms with Crippen molar-refractivity contribution in [3.05, 3.63) is 54.2 Å². The Morgan fingerprint density at radius 1 is 1.21 bits per heavy atom. The Hall–Kier alpha value is -2.36. The Labute approximate surface area is 111 Å². The molecule has 2 heterocycles. The molecule has 19 heavy (non-hydrogen) atoms. The van der Waals surface area contributed by atoms with Gasteiger partial charge < -0.3 is 10.6 Å². The molecule has 1 fully saturated rings. The highest BCUT2D eigenvalue weighted by atomic mass is 16.2. The fourth-order valence-corrected chi connectivity index (χ4v) is 2.51. The number of pyridine rings is 1. The molecule has 0 saturated carbocycles. The number of hydrogen-bond acceptors (Lipinski definition) is 3. The van der Waals surface area contributed by atoms with Gasteiger partial charge in [0.25, 0.3) is 0 Å². The lowest BCUT2D eigenvalue weighted by atomic mass is 9.99. The van der Waals surface area contributed by atoms with Crippen LogP contribution in [0.4, 0.5) is 11.5 Å². The minimum atomic E-state index is 0.138. The molecule has 3 rings (SSSR count). The van der Waals surface area contributed by atoms with Crippen molar-refractivity contribution in [3.63, 3.8) is 0 Å². The maximum Gasteiger partial charge on any atom is 0.227 e. The van der Waals surface area contributed by atoms with Crippen LogP contribution in [-0.4, -0.2) is 17.4 Å². The van der Waals surface area contributed by atoms with Gasteiger partial charge in [-0.25, -0.2) is 4.98 Å². The minimum absolute atomic E-state index is 0.138. The fraction of sp³-hybridized carbons (Fsp3) is 0.200. The molecule has 96 valence electrons. The molecule has 1 amide bonds. The van der Waals surface area contributed by atoms with E-state index in [4.69, 9.17) is 5.73 Å². The van der Waals surface area contributed by atoms with Gasteiger partial charge in [0.1, 0.15) is 5.82 Å². The first kappa shape index (κ1) is 11.7. The summed E-state index contributed by atoms with van der Waals surface area (Å²) in [4.78, 5) is 17.9. The summed E-state index contributed by atoms with van der Waals surface area (Å²) in [6.07, 6.45) is 2.18. The van der Waals surface area contributed by atoms with Crippen LogP contribution in [-0.2, 0) is 4.79 Å². The van der Waals surface area contributed by atoms with Gasteiger partial charge in [-0.05, 0) is 11.6 Å². The van der Waals surface area contributed by atoms with Crippen molar-refractivity contribution in [2.45, 2.75) is 12.3 Å². The molecule has 1 aliphatic heterocycles. The van der Waals surface area contributed by atoms with Crippen LogP contribution in [0.25, 0.3) is 0 Å². The van der Waals surface area contributed by atoms with Crippen LogP contribution in [0.5, 0.6) is 0 Å². The average Bonchev–Trinajstić information content (AvgIpc) is 2.82. The Morgan fingerprint density at radius 2 is 2.00 bits per heavy atom. The third-order valence-electron chi connectivity index (χ3n) is 3.47. The highest BCUT2D eigenvalue weighted by molar-refractivity contribution is 5.96. The van der Waals surface area contributed by atoms with Gasteiger partial charge in [-0.2, -0.15) is 0 Å². The van der Waals surface area contributed by atoms with Gasteiger partial charge in [0.2, 0.25) is 5.91 Å². The summed E-state index contributed by atoms with van der Waals surface area (Å²) in [6, 6.07) is 13.7. The molecule has 1 aromatic carbocycles. The second-order valence-corrected chi connectivity index (χ2v) is 4.75. The average molecular weight is 253 g/mol. The van der Waals surface area contributed by atoms with Gasteiger partial charge >= 0.3 is 0 Å². The molecule has 2 N–H and O–H groups in total. The second-order valence-electron chi connectivity index (χ2n) is 4.75. The van der Waals surface area contributed by atoms with Crippen LogP contribution in [0.1, 0.15) is 17.9 Å². The van der Waals surface area contributed by atoms with E-state index in [1.807, 2.05) is 24.3 Å². The normalized spacial score (nSPS) is 18.8. The van der Waals surface area contributed by atoms with Crippen molar-refractivity contribution in [1.29, 1.82) is 0 Å². The number of nitrogens with two attached hydrogens (primary N) is 1. The molecule has 0 bridgehead atoms. The fourth-order valence-electron chi connectivity index (χ4n) is 2.51. The molecule has 1 aliphatic rings. The molecule has 1 saturated heterocycles. The van der Waals surface area contributed by atoms with Crippen LogP contribution in [0.15, 0.2) is 48.7 Å². The summed E-state index contributed by atoms with van der Waals surface area (Å²) in [7, 11) is 0. The van der Waals surface area contributed by atoms with E-state index in [2.05, 4.69) is 17.1 Å². The number of aromatic nitrogens is 1. The van der Waals surface area contributed by atoms with Crippen molar-refractivity contribution >= 4 is 17.4 Å². The number of carbonyl (C=O) groups is 1. The lowest BCUT2D eigenvalue weighted by Gasteiger charge is -2.17. The Morgan fingerprint density at radius 3 is 2.74 bits per heavy atom. The summed E-state index contributed by atoms with van der Waals surface area (Å²) in [5.74, 6) is 0.830. The molecule has 1 atom stereocenters. The van der Waals surface area contributed by atoms with Crippen LogP contribution < -0.4 is 10.6 Å². The van der Waals surface area contributed by atoms with Crippen LogP contribution >= 0.6 is 0 Å². The summed E-state index contributed by atoms with van der Waals surface area (Å²) in [5.41, 5.74) is 7.71. The van der Waals surface area contributed by atoms with E-state index >= 15 is 0 Å². The topological polar surface area (TPSA) is 59.2 Å². The summed E-state index contributed by atoms with van der Waals surface area (Å²) >= 11 is 0. The van der Waals surface area contributed by atoms with Gasteiger partial charge in [0.15, 0.2) is 0 Å². The highest BCUT2D eigenvalue weighted by Crippen LogP contribution is 2.31. The summed E-state index contributed by atoms with van der Waals surface area (Å²) in [6.45, 7) is 0.701. The zero-order chi connectivity index (χ0) is 13.2. The maximum absolute atomic E-state index is 12.1. The number of rotatable bonds is 2. The van der Waals surface area contributed by atoms with E-state index < -0.39 is 0 Å². The van der Waals surface area contributed by atoms with E-state index in [0.29, 0.717) is 18.8 Å². The van der Waals surface area contributed by atoms with Crippen molar-refractivity contribution in [2.75, 3.05) is 17.2 Å². The Kier molecular flexibility index (Phi) is 2.91. The molecular weight excluding hydrogens is 238 g/mol. The van der Waals surface area contributed by atoms with Crippen LogP contribution in [0, 0.1) is 0 Å². The zero-order valence-corrected chi connectivity index (χ0v) is 10.5. The SMILES string of the molecule is Nc1cc(N2CC(c3ccccc3)CC2=O)ccn1. The lowest BCUT2D eigenvalue weighted by Crippen LogP contribution is -2.24. The van der Waals surface area contributed by atoms with E-state index in [0.717, 1.165) is 5.69 Å². The predicted molar refractivity (Wildman–Crippen MR) is 74.8 cm³/mol. The standard InChI is InChI=1S/C15H15N3O/c16-14-9-13(6-7-17-14)18-10-12(8-15(18)19)11-4-2-1-3-5-11/h1-7,9,12H,8,10H2,(H2,16,17). The molecule has 0 radical (unpaired) electrons. The molecule has 1 aromatic heterocycles. The second kappa shape index (κ2) is 4.72. The van der Waals surface area contributed by atoms with E-state index in [1.165, 1.54) is 5.56 Å². The largest absolute Gasteiger partial charge is 0.384 e. The van der Waals surface area contributed by atoms with E-state index in [9.17, 15) is 4.79 Å². The van der Waals surface area contributed by atoms with Crippen LogP contribution in [0.2, 0.25) is 0 Å². The van der Waals surface area contributed by atoms with Gasteiger partial charge in [-0.15, -0.1) is 0 Å². The Bertz CT molecular complexity index is 597. The molecule has 0 aliphatic carbocycles. The number of amides is 1. The molecule has 4 heteroatoms. The molecule has 0 spiro atoms. The molecule has 2 aromatic rings. The monoisotopic (exact) mass is 253 g/mol. The first-order chi connectivity index (χ1) is 9.24. The number of nitrogens with zero attached hydrogens (tertiary/aromatic N) is 2. The first-order valence-corrected chi connectivity index (χ1v) is 6.31. The van der Waals surface area contributed by atoms with Gasteiger partial charge in [0.05, 0.1) is 0 Å². The number of hydrogen-bond donors (Lipinski definition) is 1. The smallest absolute Gasteiger partial charge is 0.227 e. The van der Waals surface area contributed by atoms with Gasteiger partial charge in [-0.1, -0.05) is 30.3 Å². The van der Waals surface area contributed by atoms with Gasteiger partial charge in [0, 0.05) is 36.8 Å². The third kappa shape index (κ3) is 2.29. The molecule has 1 unspecified atom stereocenters. The summed E-state index contributed by atoms with van der Waals surface area (Å²) in [5, 5.41) is 0. The maximum atomic E-state index is 12.1. The lowest BCUT2D eigenvalue weighted by molar-refractivity contribution is -0.117. The number of carbonyl (C=O) groups excluding carboxylic acids is 1. The summed E-state index contributed by atoms with van der Waals surface area (Å²) < 4.78 is 0. The van der Waals surface area contributed by atoms with Crippen molar-refractivity contribution in [3.8, 4) is 0 Å². The number of nitrogen functional groups attached to an aromatic ring is 1. The number of anilines is 2. The Balaban J connectivity index is 1.85. The molecular formula is C15H15N3O. The predicted octanol–water partition coefficient (Wildman–Crippen LogP) is 2.18. The van der Waals surface area contributed by atoms with E-state index in [1.54, 1.807) is 17.2 Å². The molecule has 4 nitrogen and oxygen atoms in total. The van der Waals surface area contributed by atoms with E-state index in [-0.39, 0.29) is 11.8 Å². The third-order valence-corrected chi connectivity index (χ3v) is 3.47.